The van der Waals surface area contributed by atoms with E-state index in [0.717, 1.165) is 19.4 Å². The normalized spacial score (nSPS) is 25.5. The Hall–Kier alpha value is -1.82. The summed E-state index contributed by atoms with van der Waals surface area (Å²) in [7, 11) is 0. The summed E-state index contributed by atoms with van der Waals surface area (Å²) in [6, 6.07) is 3.59. The van der Waals surface area contributed by atoms with E-state index in [0.29, 0.717) is 25.4 Å². The summed E-state index contributed by atoms with van der Waals surface area (Å²) < 4.78 is 10.7. The van der Waals surface area contributed by atoms with Crippen molar-refractivity contribution in [2.24, 2.45) is 5.92 Å². The second-order valence-corrected chi connectivity index (χ2v) is 5.63. The number of rotatable bonds is 5. The van der Waals surface area contributed by atoms with Gasteiger partial charge < -0.3 is 19.4 Å². The number of nitrogens with zero attached hydrogens (tertiary/aromatic N) is 1. The zero-order valence-corrected chi connectivity index (χ0v) is 11.9. The van der Waals surface area contributed by atoms with Crippen LogP contribution in [0, 0.1) is 5.92 Å². The lowest BCUT2D eigenvalue weighted by Crippen LogP contribution is -2.35. The van der Waals surface area contributed by atoms with Crippen molar-refractivity contribution in [2.75, 3.05) is 19.7 Å². The Balaban J connectivity index is 1.47. The van der Waals surface area contributed by atoms with Crippen LogP contribution in [0.1, 0.15) is 25.0 Å². The minimum atomic E-state index is -0.270. The molecule has 3 rings (SSSR count). The predicted molar refractivity (Wildman–Crippen MR) is 74.2 cm³/mol. The minimum absolute atomic E-state index is 0.0450. The first-order valence-corrected chi connectivity index (χ1v) is 7.42. The van der Waals surface area contributed by atoms with Gasteiger partial charge in [-0.3, -0.25) is 9.59 Å². The van der Waals surface area contributed by atoms with Crippen molar-refractivity contribution in [2.45, 2.75) is 31.9 Å². The van der Waals surface area contributed by atoms with Gasteiger partial charge in [0, 0.05) is 26.1 Å². The van der Waals surface area contributed by atoms with Crippen molar-refractivity contribution in [1.29, 1.82) is 0 Å². The van der Waals surface area contributed by atoms with Crippen LogP contribution in [0.4, 0.5) is 0 Å². The topological polar surface area (TPSA) is 71.8 Å². The highest BCUT2D eigenvalue weighted by atomic mass is 16.5. The lowest BCUT2D eigenvalue weighted by atomic mass is 10.1. The largest absolute Gasteiger partial charge is 0.467 e. The average Bonchev–Trinajstić information content (AvgIpc) is 3.20. The highest BCUT2D eigenvalue weighted by molar-refractivity contribution is 5.89. The maximum atomic E-state index is 12.1. The number of ether oxygens (including phenoxy) is 1. The van der Waals surface area contributed by atoms with Gasteiger partial charge >= 0.3 is 0 Å². The van der Waals surface area contributed by atoms with E-state index in [2.05, 4.69) is 5.32 Å². The minimum Gasteiger partial charge on any atom is -0.467 e. The number of hydrogen-bond donors (Lipinski definition) is 1. The van der Waals surface area contributed by atoms with E-state index < -0.39 is 0 Å². The third-order valence-electron chi connectivity index (χ3n) is 4.05. The summed E-state index contributed by atoms with van der Waals surface area (Å²) in [4.78, 5) is 25.8. The molecule has 0 spiro atoms. The molecule has 3 heterocycles. The summed E-state index contributed by atoms with van der Waals surface area (Å²) in [6.45, 7) is 2.24. The van der Waals surface area contributed by atoms with Gasteiger partial charge in [-0.05, 0) is 25.0 Å². The fourth-order valence-electron chi connectivity index (χ4n) is 2.89. The van der Waals surface area contributed by atoms with Gasteiger partial charge in [-0.1, -0.05) is 0 Å². The fraction of sp³-hybridized carbons (Fsp3) is 0.600. The highest BCUT2D eigenvalue weighted by Gasteiger charge is 2.35. The van der Waals surface area contributed by atoms with Crippen molar-refractivity contribution in [3.05, 3.63) is 24.2 Å². The third-order valence-corrected chi connectivity index (χ3v) is 4.05. The van der Waals surface area contributed by atoms with Crippen LogP contribution in [0.15, 0.2) is 22.8 Å². The third kappa shape index (κ3) is 3.44. The number of amides is 2. The molecule has 0 aliphatic carbocycles. The smallest absolute Gasteiger partial charge is 0.225 e. The van der Waals surface area contributed by atoms with E-state index in [1.807, 2.05) is 6.07 Å². The molecule has 21 heavy (non-hydrogen) atoms. The molecule has 2 atom stereocenters. The molecule has 1 aromatic rings. The second kappa shape index (κ2) is 6.30. The van der Waals surface area contributed by atoms with Crippen molar-refractivity contribution in [3.63, 3.8) is 0 Å². The number of carbonyl (C=O) groups is 2. The number of likely N-dealkylation sites (tertiary alicyclic amines) is 1. The molecule has 2 unspecified atom stereocenters. The molecule has 0 aromatic carbocycles. The van der Waals surface area contributed by atoms with Crippen LogP contribution in [0.25, 0.3) is 0 Å². The SMILES string of the molecule is O=C(NCc1ccco1)C1CC(=O)N(CC2CCCO2)C1. The first-order valence-electron chi connectivity index (χ1n) is 7.42. The Kier molecular flexibility index (Phi) is 4.24. The Labute approximate surface area is 123 Å². The lowest BCUT2D eigenvalue weighted by Gasteiger charge is -2.20. The van der Waals surface area contributed by atoms with Gasteiger partial charge in [-0.25, -0.2) is 0 Å². The van der Waals surface area contributed by atoms with E-state index in [1.54, 1.807) is 17.2 Å². The molecule has 2 saturated heterocycles. The average molecular weight is 292 g/mol. The van der Waals surface area contributed by atoms with Gasteiger partial charge in [0.1, 0.15) is 5.76 Å². The summed E-state index contributed by atoms with van der Waals surface area (Å²) in [5, 5.41) is 2.82. The van der Waals surface area contributed by atoms with Crippen molar-refractivity contribution >= 4 is 11.8 Å². The highest BCUT2D eigenvalue weighted by Crippen LogP contribution is 2.21. The van der Waals surface area contributed by atoms with Gasteiger partial charge in [0.2, 0.25) is 11.8 Å². The zero-order chi connectivity index (χ0) is 14.7. The lowest BCUT2D eigenvalue weighted by molar-refractivity contribution is -0.129. The molecular weight excluding hydrogens is 272 g/mol. The number of nitrogens with one attached hydrogen (secondary N) is 1. The number of carbonyl (C=O) groups excluding carboxylic acids is 2. The van der Waals surface area contributed by atoms with Gasteiger partial charge in [-0.15, -0.1) is 0 Å². The van der Waals surface area contributed by atoms with Gasteiger partial charge in [0.15, 0.2) is 0 Å². The summed E-state index contributed by atoms with van der Waals surface area (Å²) >= 11 is 0. The molecule has 0 radical (unpaired) electrons. The second-order valence-electron chi connectivity index (χ2n) is 5.63. The Morgan fingerprint density at radius 1 is 1.48 bits per heavy atom. The molecule has 6 nitrogen and oxygen atoms in total. The molecule has 0 saturated carbocycles. The van der Waals surface area contributed by atoms with Crippen molar-refractivity contribution < 1.29 is 18.7 Å². The van der Waals surface area contributed by atoms with Crippen LogP contribution >= 0.6 is 0 Å². The molecule has 2 aliphatic heterocycles. The molecule has 0 bridgehead atoms. The van der Waals surface area contributed by atoms with Gasteiger partial charge in [-0.2, -0.15) is 0 Å². The summed E-state index contributed by atoms with van der Waals surface area (Å²) in [6.07, 6.45) is 4.05. The van der Waals surface area contributed by atoms with Crippen LogP contribution in [0.5, 0.6) is 0 Å². The Bertz CT molecular complexity index is 494. The van der Waals surface area contributed by atoms with Gasteiger partial charge in [0.25, 0.3) is 0 Å². The molecule has 2 amide bonds. The van der Waals surface area contributed by atoms with E-state index in [9.17, 15) is 9.59 Å². The molecule has 2 aliphatic rings. The first kappa shape index (κ1) is 14.1. The molecule has 6 heteroatoms. The summed E-state index contributed by atoms with van der Waals surface area (Å²) in [5.41, 5.74) is 0. The zero-order valence-electron chi connectivity index (χ0n) is 11.9. The molecular formula is C15H20N2O4. The summed E-state index contributed by atoms with van der Waals surface area (Å²) in [5.74, 6) is 0.399. The van der Waals surface area contributed by atoms with E-state index in [-0.39, 0.29) is 30.3 Å². The van der Waals surface area contributed by atoms with Crippen LogP contribution < -0.4 is 5.32 Å². The molecule has 1 aromatic heterocycles. The molecule has 114 valence electrons. The van der Waals surface area contributed by atoms with E-state index in [1.165, 1.54) is 0 Å². The number of furan rings is 1. The quantitative estimate of drug-likeness (QED) is 0.876. The molecule has 1 N–H and O–H groups in total. The van der Waals surface area contributed by atoms with E-state index in [4.69, 9.17) is 9.15 Å². The standard InChI is InChI=1S/C15H20N2O4/c18-14-7-11(9-17(14)10-13-4-2-6-21-13)15(19)16-8-12-3-1-5-20-12/h1,3,5,11,13H,2,4,6-10H2,(H,16,19). The van der Waals surface area contributed by atoms with Crippen molar-refractivity contribution in [3.8, 4) is 0 Å². The van der Waals surface area contributed by atoms with Crippen LogP contribution in [0.3, 0.4) is 0 Å². The maximum absolute atomic E-state index is 12.1. The Morgan fingerprint density at radius 2 is 2.38 bits per heavy atom. The Morgan fingerprint density at radius 3 is 3.10 bits per heavy atom. The first-order chi connectivity index (χ1) is 10.2. The predicted octanol–water partition coefficient (Wildman–Crippen LogP) is 0.923. The van der Waals surface area contributed by atoms with Crippen LogP contribution in [-0.4, -0.2) is 42.5 Å². The number of hydrogen-bond acceptors (Lipinski definition) is 4. The maximum Gasteiger partial charge on any atom is 0.225 e. The van der Waals surface area contributed by atoms with Crippen molar-refractivity contribution in [1.82, 2.24) is 10.2 Å². The fourth-order valence-corrected chi connectivity index (χ4v) is 2.89. The monoisotopic (exact) mass is 292 g/mol. The van der Waals surface area contributed by atoms with E-state index >= 15 is 0 Å². The molecule has 2 fully saturated rings. The van der Waals surface area contributed by atoms with Crippen LogP contribution in [-0.2, 0) is 20.9 Å². The van der Waals surface area contributed by atoms with Gasteiger partial charge in [0.05, 0.1) is 24.8 Å². The van der Waals surface area contributed by atoms with Crippen LogP contribution in [0.2, 0.25) is 0 Å².